The molecule has 176 valence electrons. The largest absolute Gasteiger partial charge is 0.339 e. The summed E-state index contributed by atoms with van der Waals surface area (Å²) in [4.78, 5) is 29.5. The zero-order chi connectivity index (χ0) is 23.2. The Morgan fingerprint density at radius 3 is 1.30 bits per heavy atom. The Labute approximate surface area is 199 Å². The molecule has 2 aliphatic heterocycles. The van der Waals surface area contributed by atoms with Crippen molar-refractivity contribution < 1.29 is 9.59 Å². The van der Waals surface area contributed by atoms with E-state index in [9.17, 15) is 9.59 Å². The molecule has 0 aromatic heterocycles. The molecule has 0 atom stereocenters. The molecule has 0 unspecified atom stereocenters. The molecule has 0 aliphatic carbocycles. The number of piperidine rings is 2. The third-order valence-corrected chi connectivity index (χ3v) is 7.63. The molecule has 0 bridgehead atoms. The van der Waals surface area contributed by atoms with Crippen molar-refractivity contribution in [2.24, 2.45) is 11.8 Å². The molecule has 4 nitrogen and oxygen atoms in total. The number of nitrogens with zero attached hydrogens (tertiary/aromatic N) is 2. The highest BCUT2D eigenvalue weighted by Gasteiger charge is 2.26. The summed E-state index contributed by atoms with van der Waals surface area (Å²) in [6.07, 6.45) is 8.32. The fraction of sp³-hybridized carbons (Fsp3) is 0.517. The molecule has 33 heavy (non-hydrogen) atoms. The Kier molecular flexibility index (Phi) is 7.85. The van der Waals surface area contributed by atoms with Crippen molar-refractivity contribution >= 4 is 11.8 Å². The van der Waals surface area contributed by atoms with Crippen LogP contribution in [0.15, 0.2) is 48.5 Å². The highest BCUT2D eigenvalue weighted by atomic mass is 16.2. The van der Waals surface area contributed by atoms with E-state index in [1.54, 1.807) is 0 Å². The average Bonchev–Trinajstić information content (AvgIpc) is 2.85. The van der Waals surface area contributed by atoms with Crippen molar-refractivity contribution in [1.29, 1.82) is 0 Å². The summed E-state index contributed by atoms with van der Waals surface area (Å²) in [6, 6.07) is 15.9. The SMILES string of the molecule is Cc1ccc(C(=O)N2CCC(CCCC3CCN(C(=O)c4ccc(C)cc4)CC3)CC2)cc1. The molecule has 0 radical (unpaired) electrons. The fourth-order valence-electron chi connectivity index (χ4n) is 5.30. The molecule has 4 rings (SSSR count). The van der Waals surface area contributed by atoms with Crippen LogP contribution in [-0.2, 0) is 0 Å². The first-order valence-corrected chi connectivity index (χ1v) is 12.7. The lowest BCUT2D eigenvalue weighted by atomic mass is 9.86. The van der Waals surface area contributed by atoms with E-state index >= 15 is 0 Å². The predicted molar refractivity (Wildman–Crippen MR) is 133 cm³/mol. The van der Waals surface area contributed by atoms with Crippen LogP contribution in [-0.4, -0.2) is 47.8 Å². The quantitative estimate of drug-likeness (QED) is 0.556. The number of hydrogen-bond donors (Lipinski definition) is 0. The van der Waals surface area contributed by atoms with Gasteiger partial charge in [-0.05, 0) is 75.6 Å². The van der Waals surface area contributed by atoms with Crippen LogP contribution < -0.4 is 0 Å². The first kappa shape index (κ1) is 23.5. The zero-order valence-electron chi connectivity index (χ0n) is 20.3. The lowest BCUT2D eigenvalue weighted by Crippen LogP contribution is -2.39. The van der Waals surface area contributed by atoms with Crippen LogP contribution in [0.3, 0.4) is 0 Å². The lowest BCUT2D eigenvalue weighted by molar-refractivity contribution is 0.0680. The molecule has 4 heteroatoms. The number of benzene rings is 2. The van der Waals surface area contributed by atoms with Crippen molar-refractivity contribution in [1.82, 2.24) is 9.80 Å². The van der Waals surface area contributed by atoms with Crippen molar-refractivity contribution in [2.45, 2.75) is 58.8 Å². The van der Waals surface area contributed by atoms with Crippen LogP contribution in [0, 0.1) is 25.7 Å². The van der Waals surface area contributed by atoms with Gasteiger partial charge in [-0.15, -0.1) is 0 Å². The van der Waals surface area contributed by atoms with Crippen LogP contribution in [0.5, 0.6) is 0 Å². The van der Waals surface area contributed by atoms with Crippen LogP contribution in [0.2, 0.25) is 0 Å². The van der Waals surface area contributed by atoms with E-state index in [2.05, 4.69) is 0 Å². The number of carbonyl (C=O) groups is 2. The topological polar surface area (TPSA) is 40.6 Å². The number of aryl methyl sites for hydroxylation is 2. The van der Waals surface area contributed by atoms with Gasteiger partial charge in [0.25, 0.3) is 11.8 Å². The van der Waals surface area contributed by atoms with Crippen LogP contribution in [0.1, 0.15) is 76.8 Å². The van der Waals surface area contributed by atoms with Crippen molar-refractivity contribution in [3.63, 3.8) is 0 Å². The molecule has 2 fully saturated rings. The Bertz CT molecular complexity index is 842. The van der Waals surface area contributed by atoms with Crippen molar-refractivity contribution in [3.8, 4) is 0 Å². The van der Waals surface area contributed by atoms with Gasteiger partial charge in [-0.2, -0.15) is 0 Å². The van der Waals surface area contributed by atoms with Crippen LogP contribution in [0.4, 0.5) is 0 Å². The lowest BCUT2D eigenvalue weighted by Gasteiger charge is -2.34. The van der Waals surface area contributed by atoms with Gasteiger partial charge in [0.2, 0.25) is 0 Å². The smallest absolute Gasteiger partial charge is 0.253 e. The molecular formula is C29H38N2O2. The summed E-state index contributed by atoms with van der Waals surface area (Å²) in [6.45, 7) is 7.64. The molecule has 2 aromatic carbocycles. The number of likely N-dealkylation sites (tertiary alicyclic amines) is 2. The van der Waals surface area contributed by atoms with E-state index in [1.807, 2.05) is 72.2 Å². The third-order valence-electron chi connectivity index (χ3n) is 7.63. The number of rotatable bonds is 6. The summed E-state index contributed by atoms with van der Waals surface area (Å²) < 4.78 is 0. The maximum atomic E-state index is 12.7. The minimum atomic E-state index is 0.181. The van der Waals surface area contributed by atoms with E-state index in [-0.39, 0.29) is 11.8 Å². The summed E-state index contributed by atoms with van der Waals surface area (Å²) in [5.41, 5.74) is 4.00. The van der Waals surface area contributed by atoms with Gasteiger partial charge in [0.05, 0.1) is 0 Å². The van der Waals surface area contributed by atoms with Gasteiger partial charge in [0, 0.05) is 37.3 Å². The first-order valence-electron chi connectivity index (χ1n) is 12.7. The van der Waals surface area contributed by atoms with E-state index < -0.39 is 0 Å². The Morgan fingerprint density at radius 2 is 0.970 bits per heavy atom. The average molecular weight is 447 g/mol. The highest BCUT2D eigenvalue weighted by molar-refractivity contribution is 5.94. The van der Waals surface area contributed by atoms with Crippen LogP contribution >= 0.6 is 0 Å². The zero-order valence-corrected chi connectivity index (χ0v) is 20.3. The monoisotopic (exact) mass is 446 g/mol. The summed E-state index contributed by atoms with van der Waals surface area (Å²) in [7, 11) is 0. The molecule has 2 heterocycles. The maximum absolute atomic E-state index is 12.7. The third kappa shape index (κ3) is 6.25. The molecule has 2 aromatic rings. The molecule has 2 amide bonds. The summed E-state index contributed by atoms with van der Waals surface area (Å²) in [5.74, 6) is 1.85. The minimum Gasteiger partial charge on any atom is -0.339 e. The fourth-order valence-corrected chi connectivity index (χ4v) is 5.30. The minimum absolute atomic E-state index is 0.181. The maximum Gasteiger partial charge on any atom is 0.253 e. The van der Waals surface area contributed by atoms with Gasteiger partial charge < -0.3 is 9.80 Å². The number of amides is 2. The number of carbonyl (C=O) groups excluding carboxylic acids is 2. The molecular weight excluding hydrogens is 408 g/mol. The van der Waals surface area contributed by atoms with Gasteiger partial charge in [0.1, 0.15) is 0 Å². The Morgan fingerprint density at radius 1 is 0.636 bits per heavy atom. The molecule has 0 spiro atoms. The Hall–Kier alpha value is -2.62. The molecule has 2 saturated heterocycles. The summed E-state index contributed by atoms with van der Waals surface area (Å²) >= 11 is 0. The molecule has 0 saturated carbocycles. The first-order chi connectivity index (χ1) is 16.0. The summed E-state index contributed by atoms with van der Waals surface area (Å²) in [5, 5.41) is 0. The normalized spacial score (nSPS) is 17.9. The van der Waals surface area contributed by atoms with Gasteiger partial charge >= 0.3 is 0 Å². The van der Waals surface area contributed by atoms with Gasteiger partial charge in [-0.3, -0.25) is 9.59 Å². The molecule has 0 N–H and O–H groups in total. The van der Waals surface area contributed by atoms with Gasteiger partial charge in [-0.1, -0.05) is 54.7 Å². The second kappa shape index (κ2) is 11.0. The van der Waals surface area contributed by atoms with Crippen LogP contribution in [0.25, 0.3) is 0 Å². The predicted octanol–water partition coefficient (Wildman–Crippen LogP) is 5.88. The van der Waals surface area contributed by atoms with E-state index in [0.717, 1.165) is 74.8 Å². The number of hydrogen-bond acceptors (Lipinski definition) is 2. The van der Waals surface area contributed by atoms with Gasteiger partial charge in [-0.25, -0.2) is 0 Å². The van der Waals surface area contributed by atoms with E-state index in [1.165, 1.54) is 30.4 Å². The molecule has 2 aliphatic rings. The second-order valence-corrected chi connectivity index (χ2v) is 10.1. The van der Waals surface area contributed by atoms with E-state index in [4.69, 9.17) is 0 Å². The second-order valence-electron chi connectivity index (χ2n) is 10.1. The van der Waals surface area contributed by atoms with Crippen molar-refractivity contribution in [3.05, 3.63) is 70.8 Å². The van der Waals surface area contributed by atoms with Gasteiger partial charge in [0.15, 0.2) is 0 Å². The highest BCUT2D eigenvalue weighted by Crippen LogP contribution is 2.28. The standard InChI is InChI=1S/C29H38N2O2/c1-22-6-10-26(11-7-22)28(32)30-18-14-24(15-19-30)4-3-5-25-16-20-31(21-17-25)29(33)27-12-8-23(2)9-13-27/h6-13,24-25H,3-5,14-21H2,1-2H3. The van der Waals surface area contributed by atoms with Crippen molar-refractivity contribution in [2.75, 3.05) is 26.2 Å². The van der Waals surface area contributed by atoms with E-state index in [0.29, 0.717) is 0 Å². The Balaban J connectivity index is 1.13.